The van der Waals surface area contributed by atoms with E-state index >= 15 is 0 Å². The lowest BCUT2D eigenvalue weighted by molar-refractivity contribution is -0.142. The minimum atomic E-state index is -1.02. The fraction of sp³-hybridized carbons (Fsp3) is 0.846. The average Bonchev–Trinajstić information content (AvgIpc) is 2.11. The third-order valence-corrected chi connectivity index (χ3v) is 2.18. The maximum atomic E-state index is 11.6. The highest BCUT2D eigenvalue weighted by Crippen LogP contribution is 2.26. The number of hydrogen-bond donors (Lipinski definition) is 3. The lowest BCUT2D eigenvalue weighted by Gasteiger charge is -2.33. The Balaban J connectivity index is 3.88. The van der Waals surface area contributed by atoms with Crippen molar-refractivity contribution in [3.63, 3.8) is 0 Å². The zero-order valence-electron chi connectivity index (χ0n) is 12.5. The van der Waals surface area contributed by atoms with Gasteiger partial charge >= 0.3 is 12.0 Å². The first-order chi connectivity index (χ1) is 8.52. The third kappa shape index (κ3) is 11.5. The smallest absolute Gasteiger partial charge is 0.329 e. The molecule has 6 heteroatoms. The van der Waals surface area contributed by atoms with Gasteiger partial charge in [-0.2, -0.15) is 0 Å². The molecule has 0 aliphatic heterocycles. The lowest BCUT2D eigenvalue weighted by Crippen LogP contribution is -2.50. The topological polar surface area (TPSA) is 87.7 Å². The normalized spacial score (nSPS) is 12.1. The number of carbonyl (C=O) groups excluding carboxylic acids is 1. The fourth-order valence-electron chi connectivity index (χ4n) is 2.12. The van der Waals surface area contributed by atoms with Crippen LogP contribution in [0.1, 0.15) is 41.0 Å². The number of rotatable bonds is 7. The Morgan fingerprint density at radius 2 is 1.74 bits per heavy atom. The summed E-state index contributed by atoms with van der Waals surface area (Å²) in [6.07, 6.45) is 0.850. The van der Waals surface area contributed by atoms with Gasteiger partial charge in [0.1, 0.15) is 6.61 Å². The van der Waals surface area contributed by atoms with Crippen molar-refractivity contribution in [2.75, 3.05) is 19.8 Å². The third-order valence-electron chi connectivity index (χ3n) is 2.18. The molecule has 0 heterocycles. The van der Waals surface area contributed by atoms with Crippen LogP contribution in [0.3, 0.4) is 0 Å². The van der Waals surface area contributed by atoms with Gasteiger partial charge < -0.3 is 20.5 Å². The second kappa shape index (κ2) is 7.33. The molecule has 0 aromatic rings. The van der Waals surface area contributed by atoms with Crippen LogP contribution in [0.15, 0.2) is 0 Å². The molecule has 0 bridgehead atoms. The molecule has 112 valence electrons. The molecule has 0 saturated heterocycles. The second-order valence-corrected chi connectivity index (χ2v) is 6.45. The van der Waals surface area contributed by atoms with E-state index in [4.69, 9.17) is 9.84 Å². The van der Waals surface area contributed by atoms with Crippen molar-refractivity contribution >= 4 is 12.0 Å². The Labute approximate surface area is 114 Å². The molecule has 0 aromatic heterocycles. The number of carboxylic acid groups (broad SMARTS) is 1. The second-order valence-electron chi connectivity index (χ2n) is 6.45. The van der Waals surface area contributed by atoms with Crippen molar-refractivity contribution in [3.8, 4) is 0 Å². The minimum Gasteiger partial charge on any atom is -0.480 e. The number of urea groups is 1. The van der Waals surface area contributed by atoms with E-state index in [1.165, 1.54) is 0 Å². The maximum Gasteiger partial charge on any atom is 0.329 e. The van der Waals surface area contributed by atoms with E-state index in [9.17, 15) is 9.59 Å². The molecule has 0 fully saturated rings. The molecule has 0 rings (SSSR count). The zero-order valence-corrected chi connectivity index (χ0v) is 12.5. The van der Waals surface area contributed by atoms with Gasteiger partial charge in [-0.25, -0.2) is 9.59 Å². The maximum absolute atomic E-state index is 11.6. The predicted molar refractivity (Wildman–Crippen MR) is 73.1 cm³/mol. The highest BCUT2D eigenvalue weighted by atomic mass is 16.5. The number of ether oxygens (including phenoxy) is 1. The van der Waals surface area contributed by atoms with Gasteiger partial charge in [-0.3, -0.25) is 0 Å². The Morgan fingerprint density at radius 1 is 1.16 bits per heavy atom. The standard InChI is InChI=1S/C13H26N2O4/c1-12(2,3)9-13(4,5)15-11(18)14-6-7-19-8-10(16)17/h6-9H2,1-5H3,(H,16,17)(H2,14,15,18). The van der Waals surface area contributed by atoms with Crippen LogP contribution in [0.5, 0.6) is 0 Å². The fourth-order valence-corrected chi connectivity index (χ4v) is 2.12. The van der Waals surface area contributed by atoms with Gasteiger partial charge in [-0.15, -0.1) is 0 Å². The molecule has 0 unspecified atom stereocenters. The number of hydrogen-bond acceptors (Lipinski definition) is 3. The van der Waals surface area contributed by atoms with Crippen LogP contribution < -0.4 is 10.6 Å². The molecule has 0 saturated carbocycles. The Bertz CT molecular complexity index is 308. The molecular formula is C13H26N2O4. The van der Waals surface area contributed by atoms with Gasteiger partial charge in [0.05, 0.1) is 6.61 Å². The molecular weight excluding hydrogens is 248 g/mol. The van der Waals surface area contributed by atoms with E-state index in [-0.39, 0.29) is 36.7 Å². The highest BCUT2D eigenvalue weighted by molar-refractivity contribution is 5.74. The summed E-state index contributed by atoms with van der Waals surface area (Å²) in [6, 6.07) is -0.270. The monoisotopic (exact) mass is 274 g/mol. The first kappa shape index (κ1) is 17.7. The van der Waals surface area contributed by atoms with Gasteiger partial charge in [-0.1, -0.05) is 20.8 Å². The molecule has 0 aromatic carbocycles. The van der Waals surface area contributed by atoms with Crippen LogP contribution in [0, 0.1) is 5.41 Å². The van der Waals surface area contributed by atoms with Gasteiger partial charge in [0.2, 0.25) is 0 Å². The summed E-state index contributed by atoms with van der Waals surface area (Å²) in [7, 11) is 0. The first-order valence-corrected chi connectivity index (χ1v) is 6.37. The molecule has 0 aliphatic rings. The van der Waals surface area contributed by atoms with Crippen LogP contribution in [-0.4, -0.2) is 42.4 Å². The number of amides is 2. The Hall–Kier alpha value is -1.30. The number of carboxylic acids is 1. The van der Waals surface area contributed by atoms with Crippen LogP contribution >= 0.6 is 0 Å². The van der Waals surface area contributed by atoms with Crippen molar-refractivity contribution < 1.29 is 19.4 Å². The predicted octanol–water partition coefficient (Wildman–Crippen LogP) is 1.60. The molecule has 0 spiro atoms. The average molecular weight is 274 g/mol. The van der Waals surface area contributed by atoms with Gasteiger partial charge in [0.25, 0.3) is 0 Å². The Morgan fingerprint density at radius 3 is 2.21 bits per heavy atom. The largest absolute Gasteiger partial charge is 0.480 e. The van der Waals surface area contributed by atoms with E-state index in [0.29, 0.717) is 0 Å². The quantitative estimate of drug-likeness (QED) is 0.615. The lowest BCUT2D eigenvalue weighted by atomic mass is 9.82. The van der Waals surface area contributed by atoms with Gasteiger partial charge in [0.15, 0.2) is 0 Å². The molecule has 2 amide bonds. The molecule has 0 aliphatic carbocycles. The number of carbonyl (C=O) groups is 2. The van der Waals surface area contributed by atoms with E-state index in [1.54, 1.807) is 0 Å². The Kier molecular flexibility index (Phi) is 6.83. The van der Waals surface area contributed by atoms with E-state index < -0.39 is 5.97 Å². The molecule has 0 atom stereocenters. The zero-order chi connectivity index (χ0) is 15.1. The van der Waals surface area contributed by atoms with Crippen molar-refractivity contribution in [1.82, 2.24) is 10.6 Å². The van der Waals surface area contributed by atoms with Crippen molar-refractivity contribution in [2.24, 2.45) is 5.41 Å². The van der Waals surface area contributed by atoms with Crippen LogP contribution in [0.2, 0.25) is 0 Å². The van der Waals surface area contributed by atoms with Gasteiger partial charge in [0, 0.05) is 12.1 Å². The summed E-state index contributed by atoms with van der Waals surface area (Å²) in [4.78, 5) is 21.8. The molecule has 6 nitrogen and oxygen atoms in total. The van der Waals surface area contributed by atoms with E-state index in [0.717, 1.165) is 6.42 Å². The summed E-state index contributed by atoms with van der Waals surface area (Å²) in [5.41, 5.74) is -0.175. The molecule has 3 N–H and O–H groups in total. The van der Waals surface area contributed by atoms with Crippen LogP contribution in [0.25, 0.3) is 0 Å². The SMILES string of the molecule is CC(C)(C)CC(C)(C)NC(=O)NCCOCC(=O)O. The van der Waals surface area contributed by atoms with Crippen molar-refractivity contribution in [2.45, 2.75) is 46.6 Å². The van der Waals surface area contributed by atoms with Crippen LogP contribution in [-0.2, 0) is 9.53 Å². The highest BCUT2D eigenvalue weighted by Gasteiger charge is 2.26. The van der Waals surface area contributed by atoms with E-state index in [2.05, 4.69) is 31.4 Å². The van der Waals surface area contributed by atoms with E-state index in [1.807, 2.05) is 13.8 Å². The minimum absolute atomic E-state index is 0.126. The number of nitrogens with one attached hydrogen (secondary N) is 2. The summed E-state index contributed by atoms with van der Waals surface area (Å²) < 4.78 is 4.81. The van der Waals surface area contributed by atoms with Crippen LogP contribution in [0.4, 0.5) is 4.79 Å². The van der Waals surface area contributed by atoms with Gasteiger partial charge in [-0.05, 0) is 25.7 Å². The molecule has 19 heavy (non-hydrogen) atoms. The number of aliphatic carboxylic acids is 1. The summed E-state index contributed by atoms with van der Waals surface area (Å²) >= 11 is 0. The van der Waals surface area contributed by atoms with Crippen molar-refractivity contribution in [1.29, 1.82) is 0 Å². The van der Waals surface area contributed by atoms with Crippen molar-refractivity contribution in [3.05, 3.63) is 0 Å². The summed E-state index contributed by atoms with van der Waals surface area (Å²) in [5, 5.41) is 13.9. The molecule has 0 radical (unpaired) electrons. The first-order valence-electron chi connectivity index (χ1n) is 6.37. The summed E-state index contributed by atoms with van der Waals surface area (Å²) in [6.45, 7) is 10.4. The summed E-state index contributed by atoms with van der Waals surface area (Å²) in [5.74, 6) is -1.02.